The molecule has 0 unspecified atom stereocenters. The fourth-order valence-electron chi connectivity index (χ4n) is 3.75. The molecule has 4 heterocycles. The van der Waals surface area contributed by atoms with Crippen molar-refractivity contribution in [3.05, 3.63) is 82.5 Å². The topological polar surface area (TPSA) is 78.2 Å². The summed E-state index contributed by atoms with van der Waals surface area (Å²) in [6.45, 7) is 7.76. The van der Waals surface area contributed by atoms with Gasteiger partial charge in [-0.15, -0.1) is 0 Å². The number of aromatic nitrogens is 2. The molecule has 1 aliphatic rings. The van der Waals surface area contributed by atoms with Gasteiger partial charge in [-0.05, 0) is 42.0 Å². The van der Waals surface area contributed by atoms with Crippen molar-refractivity contribution in [2.75, 3.05) is 31.1 Å². The second-order valence-corrected chi connectivity index (χ2v) is 7.06. The number of piperazine rings is 1. The lowest BCUT2D eigenvalue weighted by molar-refractivity contribution is 0.0694. The van der Waals surface area contributed by atoms with Crippen LogP contribution >= 0.6 is 0 Å². The van der Waals surface area contributed by atoms with E-state index in [4.69, 9.17) is 0 Å². The fraction of sp³-hybridized carbons (Fsp3) is 0.227. The molecule has 1 saturated heterocycles. The lowest BCUT2D eigenvalue weighted by Gasteiger charge is -2.36. The maximum atomic E-state index is 12.4. The molecular weight excluding hydrogens is 368 g/mol. The van der Waals surface area contributed by atoms with Crippen LogP contribution in [0.15, 0.2) is 60.2 Å². The molecule has 7 heteroatoms. The van der Waals surface area contributed by atoms with Gasteiger partial charge in [0.25, 0.3) is 5.56 Å². The van der Waals surface area contributed by atoms with Crippen LogP contribution in [0.5, 0.6) is 0 Å². The number of aromatic carboxylic acids is 1. The number of pyridine rings is 3. The van der Waals surface area contributed by atoms with Gasteiger partial charge in [-0.3, -0.25) is 19.1 Å². The Labute approximate surface area is 168 Å². The molecule has 0 aliphatic carbocycles. The monoisotopic (exact) mass is 390 g/mol. The maximum Gasteiger partial charge on any atom is 0.341 e. The fourth-order valence-corrected chi connectivity index (χ4v) is 3.75. The minimum Gasteiger partial charge on any atom is -0.477 e. The van der Waals surface area contributed by atoms with Crippen molar-refractivity contribution in [2.24, 2.45) is 0 Å². The quantitative estimate of drug-likeness (QED) is 0.721. The van der Waals surface area contributed by atoms with Crippen LogP contribution in [0.4, 0.5) is 5.69 Å². The molecule has 1 fully saturated rings. The molecule has 0 aromatic carbocycles. The maximum absolute atomic E-state index is 12.4. The molecule has 0 radical (unpaired) electrons. The number of fused-ring (bicyclic) bond motifs is 1. The molecule has 148 valence electrons. The van der Waals surface area contributed by atoms with Crippen LogP contribution in [0, 0.1) is 0 Å². The Morgan fingerprint density at radius 1 is 1.17 bits per heavy atom. The molecule has 3 aromatic heterocycles. The highest BCUT2D eigenvalue weighted by Gasteiger charge is 2.20. The molecule has 3 aromatic rings. The van der Waals surface area contributed by atoms with Crippen molar-refractivity contribution in [1.29, 1.82) is 0 Å². The van der Waals surface area contributed by atoms with E-state index in [1.54, 1.807) is 24.5 Å². The Hall–Kier alpha value is -3.45. The second kappa shape index (κ2) is 7.89. The molecule has 1 N–H and O–H groups in total. The lowest BCUT2D eigenvalue weighted by Crippen LogP contribution is -2.46. The number of carbonyl (C=O) groups is 1. The van der Waals surface area contributed by atoms with Crippen molar-refractivity contribution in [1.82, 2.24) is 14.3 Å². The third-order valence-corrected chi connectivity index (χ3v) is 5.29. The number of nitrogens with zero attached hydrogens (tertiary/aromatic N) is 4. The summed E-state index contributed by atoms with van der Waals surface area (Å²) in [6.07, 6.45) is 5.15. The predicted octanol–water partition coefficient (Wildman–Crippen LogP) is 2.36. The Kier molecular flexibility index (Phi) is 5.14. The summed E-state index contributed by atoms with van der Waals surface area (Å²) in [4.78, 5) is 32.8. The van der Waals surface area contributed by atoms with Crippen molar-refractivity contribution in [3.8, 4) is 0 Å². The highest BCUT2D eigenvalue weighted by molar-refractivity contribution is 5.88. The Balaban J connectivity index is 1.54. The molecule has 29 heavy (non-hydrogen) atoms. The Bertz CT molecular complexity index is 1130. The van der Waals surface area contributed by atoms with Crippen LogP contribution in [-0.4, -0.2) is 51.5 Å². The summed E-state index contributed by atoms with van der Waals surface area (Å²) in [5.41, 5.74) is 2.86. The van der Waals surface area contributed by atoms with E-state index in [9.17, 15) is 14.7 Å². The minimum absolute atomic E-state index is 0.198. The van der Waals surface area contributed by atoms with Crippen LogP contribution in [0.25, 0.3) is 11.6 Å². The van der Waals surface area contributed by atoms with Gasteiger partial charge < -0.3 is 10.0 Å². The number of rotatable bonds is 5. The summed E-state index contributed by atoms with van der Waals surface area (Å²) in [5, 5.41) is 9.41. The highest BCUT2D eigenvalue weighted by Crippen LogP contribution is 2.19. The van der Waals surface area contributed by atoms with Gasteiger partial charge in [-0.2, -0.15) is 0 Å². The van der Waals surface area contributed by atoms with Gasteiger partial charge >= 0.3 is 5.97 Å². The summed E-state index contributed by atoms with van der Waals surface area (Å²) in [5.74, 6) is -1.20. The number of hydrogen-bond donors (Lipinski definition) is 1. The van der Waals surface area contributed by atoms with Crippen LogP contribution in [-0.2, 0) is 6.54 Å². The lowest BCUT2D eigenvalue weighted by atomic mass is 10.1. The first-order chi connectivity index (χ1) is 14.1. The summed E-state index contributed by atoms with van der Waals surface area (Å²) >= 11 is 0. The smallest absolute Gasteiger partial charge is 0.341 e. The van der Waals surface area contributed by atoms with Gasteiger partial charge in [-0.25, -0.2) is 4.79 Å². The van der Waals surface area contributed by atoms with E-state index in [1.807, 2.05) is 24.3 Å². The van der Waals surface area contributed by atoms with Crippen molar-refractivity contribution in [3.63, 3.8) is 0 Å². The van der Waals surface area contributed by atoms with E-state index in [1.165, 1.54) is 10.5 Å². The summed E-state index contributed by atoms with van der Waals surface area (Å²) in [6, 6.07) is 11.0. The van der Waals surface area contributed by atoms with E-state index in [0.29, 0.717) is 6.54 Å². The van der Waals surface area contributed by atoms with E-state index < -0.39 is 11.5 Å². The zero-order chi connectivity index (χ0) is 20.4. The van der Waals surface area contributed by atoms with E-state index in [-0.39, 0.29) is 5.56 Å². The third kappa shape index (κ3) is 3.77. The van der Waals surface area contributed by atoms with Crippen LogP contribution in [0.2, 0.25) is 0 Å². The van der Waals surface area contributed by atoms with Gasteiger partial charge in [0.05, 0.1) is 11.2 Å². The normalized spacial score (nSPS) is 14.8. The van der Waals surface area contributed by atoms with E-state index >= 15 is 0 Å². The molecule has 0 atom stereocenters. The average molecular weight is 390 g/mol. The zero-order valence-electron chi connectivity index (χ0n) is 16.0. The molecule has 1 aliphatic heterocycles. The number of carboxylic acid groups (broad SMARTS) is 1. The van der Waals surface area contributed by atoms with Crippen molar-refractivity contribution < 1.29 is 9.90 Å². The molecule has 7 nitrogen and oxygen atoms in total. The Morgan fingerprint density at radius 3 is 2.69 bits per heavy atom. The van der Waals surface area contributed by atoms with Gasteiger partial charge in [0, 0.05) is 50.8 Å². The third-order valence-electron chi connectivity index (χ3n) is 5.29. The standard InChI is InChI=1S/C22H22N4O3/c1-2-17-14-18(6-7-23-17)25-11-9-24(10-12-25)15-16-13-19(22(28)29)21(27)26-8-4-3-5-20(16)26/h2-8,13-14H,1,9-12,15H2,(H,28,29). The van der Waals surface area contributed by atoms with Gasteiger partial charge in [-0.1, -0.05) is 12.6 Å². The van der Waals surface area contributed by atoms with E-state index in [2.05, 4.69) is 21.4 Å². The Morgan fingerprint density at radius 2 is 1.97 bits per heavy atom. The molecule has 0 amide bonds. The van der Waals surface area contributed by atoms with Crippen LogP contribution in [0.3, 0.4) is 0 Å². The average Bonchev–Trinajstić information content (AvgIpc) is 2.76. The molecule has 4 rings (SSSR count). The van der Waals surface area contributed by atoms with Crippen molar-refractivity contribution >= 4 is 23.2 Å². The largest absolute Gasteiger partial charge is 0.477 e. The molecule has 0 saturated carbocycles. The highest BCUT2D eigenvalue weighted by atomic mass is 16.4. The van der Waals surface area contributed by atoms with Crippen LogP contribution < -0.4 is 10.5 Å². The number of carboxylic acids is 1. The predicted molar refractivity (Wildman–Crippen MR) is 112 cm³/mol. The number of anilines is 1. The van der Waals surface area contributed by atoms with Gasteiger partial charge in [0.2, 0.25) is 0 Å². The SMILES string of the molecule is C=Cc1cc(N2CCN(Cc3cc(C(=O)O)c(=O)n4ccccc34)CC2)ccn1. The van der Waals surface area contributed by atoms with Gasteiger partial charge in [0.15, 0.2) is 0 Å². The molecule has 0 spiro atoms. The first-order valence-electron chi connectivity index (χ1n) is 9.49. The van der Waals surface area contributed by atoms with Crippen LogP contribution in [0.1, 0.15) is 21.6 Å². The van der Waals surface area contributed by atoms with Crippen molar-refractivity contribution in [2.45, 2.75) is 6.54 Å². The zero-order valence-corrected chi connectivity index (χ0v) is 16.0. The molecular formula is C22H22N4O3. The summed E-state index contributed by atoms with van der Waals surface area (Å²) < 4.78 is 1.42. The first kappa shape index (κ1) is 18.9. The second-order valence-electron chi connectivity index (χ2n) is 7.06. The number of hydrogen-bond acceptors (Lipinski definition) is 5. The molecule has 0 bridgehead atoms. The summed E-state index contributed by atoms with van der Waals surface area (Å²) in [7, 11) is 0. The van der Waals surface area contributed by atoms with E-state index in [0.717, 1.165) is 48.6 Å². The minimum atomic E-state index is -1.20. The van der Waals surface area contributed by atoms with Gasteiger partial charge in [0.1, 0.15) is 5.56 Å². The first-order valence-corrected chi connectivity index (χ1v) is 9.49.